The summed E-state index contributed by atoms with van der Waals surface area (Å²) in [5, 5.41) is 12.8. The summed E-state index contributed by atoms with van der Waals surface area (Å²) in [6.45, 7) is 9.08. The van der Waals surface area contributed by atoms with Crippen LogP contribution in [0.3, 0.4) is 0 Å². The average molecular weight is 262 g/mol. The van der Waals surface area contributed by atoms with E-state index in [-0.39, 0.29) is 0 Å². The Labute approximate surface area is 116 Å². The summed E-state index contributed by atoms with van der Waals surface area (Å²) < 4.78 is 0. The van der Waals surface area contributed by atoms with Crippen LogP contribution < -0.4 is 5.32 Å². The van der Waals surface area contributed by atoms with Crippen molar-refractivity contribution in [1.29, 1.82) is 0 Å². The molecule has 0 radical (unpaired) electrons. The van der Waals surface area contributed by atoms with E-state index >= 15 is 0 Å². The number of nitrogens with zero attached hydrogens (tertiary/aromatic N) is 1. The largest absolute Gasteiger partial charge is 0.508 e. The first-order valence-corrected chi connectivity index (χ1v) is 7.44. The van der Waals surface area contributed by atoms with Gasteiger partial charge in [-0.25, -0.2) is 0 Å². The minimum atomic E-state index is 0.345. The number of hydrogen-bond acceptors (Lipinski definition) is 3. The molecule has 3 nitrogen and oxygen atoms in total. The standard InChI is InChI=1S/C16H26N2O/c1-3-18(12-14-8-10-17-11-9-14)13(2)15-4-6-16(19)7-5-15/h4-7,13-14,17,19H,3,8-12H2,1-2H3. The zero-order valence-corrected chi connectivity index (χ0v) is 12.1. The summed E-state index contributed by atoms with van der Waals surface area (Å²) in [5.74, 6) is 1.16. The third kappa shape index (κ3) is 3.95. The zero-order chi connectivity index (χ0) is 13.7. The molecule has 106 valence electrons. The zero-order valence-electron chi connectivity index (χ0n) is 12.1. The highest BCUT2D eigenvalue weighted by Gasteiger charge is 2.20. The van der Waals surface area contributed by atoms with Crippen LogP contribution in [-0.4, -0.2) is 36.2 Å². The van der Waals surface area contributed by atoms with Crippen LogP contribution in [0.1, 0.15) is 38.3 Å². The van der Waals surface area contributed by atoms with Gasteiger partial charge in [-0.05, 0) is 63.0 Å². The van der Waals surface area contributed by atoms with Crippen molar-refractivity contribution in [1.82, 2.24) is 10.2 Å². The number of rotatable bonds is 5. The normalized spacial score (nSPS) is 18.7. The molecule has 2 rings (SSSR count). The van der Waals surface area contributed by atoms with Crippen molar-refractivity contribution < 1.29 is 5.11 Å². The van der Waals surface area contributed by atoms with E-state index < -0.39 is 0 Å². The Kier molecular flexibility index (Phi) is 5.23. The van der Waals surface area contributed by atoms with E-state index in [2.05, 4.69) is 24.1 Å². The van der Waals surface area contributed by atoms with E-state index in [0.29, 0.717) is 11.8 Å². The Bertz CT molecular complexity index is 371. The molecule has 0 bridgehead atoms. The molecule has 1 fully saturated rings. The van der Waals surface area contributed by atoms with Gasteiger partial charge in [0.05, 0.1) is 0 Å². The Morgan fingerprint density at radius 3 is 2.47 bits per heavy atom. The van der Waals surface area contributed by atoms with E-state index in [9.17, 15) is 5.11 Å². The lowest BCUT2D eigenvalue weighted by atomic mass is 9.96. The lowest BCUT2D eigenvalue weighted by Gasteiger charge is -2.33. The van der Waals surface area contributed by atoms with E-state index in [0.717, 1.165) is 25.6 Å². The van der Waals surface area contributed by atoms with Crippen molar-refractivity contribution in [3.05, 3.63) is 29.8 Å². The average Bonchev–Trinajstić information content (AvgIpc) is 2.46. The Balaban J connectivity index is 1.97. The first-order valence-electron chi connectivity index (χ1n) is 7.44. The molecule has 3 heteroatoms. The number of aromatic hydroxyl groups is 1. The van der Waals surface area contributed by atoms with Crippen molar-refractivity contribution >= 4 is 0 Å². The van der Waals surface area contributed by atoms with Gasteiger partial charge in [0.2, 0.25) is 0 Å². The monoisotopic (exact) mass is 262 g/mol. The molecule has 2 N–H and O–H groups in total. The van der Waals surface area contributed by atoms with Gasteiger partial charge in [-0.2, -0.15) is 0 Å². The molecule has 1 aromatic rings. The number of piperidine rings is 1. The van der Waals surface area contributed by atoms with Crippen molar-refractivity contribution in [2.45, 2.75) is 32.7 Å². The van der Waals surface area contributed by atoms with Crippen molar-refractivity contribution in [3.63, 3.8) is 0 Å². The van der Waals surface area contributed by atoms with E-state index in [1.807, 2.05) is 12.1 Å². The van der Waals surface area contributed by atoms with Crippen LogP contribution in [0.25, 0.3) is 0 Å². The quantitative estimate of drug-likeness (QED) is 0.856. The third-order valence-corrected chi connectivity index (χ3v) is 4.28. The molecule has 1 atom stereocenters. The number of phenols is 1. The smallest absolute Gasteiger partial charge is 0.115 e. The maximum Gasteiger partial charge on any atom is 0.115 e. The van der Waals surface area contributed by atoms with Crippen LogP contribution in [-0.2, 0) is 0 Å². The van der Waals surface area contributed by atoms with E-state index in [1.165, 1.54) is 24.9 Å². The van der Waals surface area contributed by atoms with Crippen molar-refractivity contribution in [2.24, 2.45) is 5.92 Å². The van der Waals surface area contributed by atoms with E-state index in [4.69, 9.17) is 0 Å². The second-order valence-electron chi connectivity index (χ2n) is 5.55. The Morgan fingerprint density at radius 1 is 1.26 bits per heavy atom. The van der Waals surface area contributed by atoms with Crippen LogP contribution in [0.5, 0.6) is 5.75 Å². The molecule has 0 aliphatic carbocycles. The summed E-state index contributed by atoms with van der Waals surface area (Å²) >= 11 is 0. The highest BCUT2D eigenvalue weighted by molar-refractivity contribution is 5.27. The molecular weight excluding hydrogens is 236 g/mol. The topological polar surface area (TPSA) is 35.5 Å². The van der Waals surface area contributed by atoms with Gasteiger partial charge in [0, 0.05) is 12.6 Å². The van der Waals surface area contributed by atoms with Gasteiger partial charge in [-0.3, -0.25) is 4.90 Å². The second-order valence-corrected chi connectivity index (χ2v) is 5.55. The highest BCUT2D eigenvalue weighted by atomic mass is 16.3. The molecule has 1 heterocycles. The van der Waals surface area contributed by atoms with Gasteiger partial charge in [0.1, 0.15) is 5.75 Å². The third-order valence-electron chi connectivity index (χ3n) is 4.28. The minimum Gasteiger partial charge on any atom is -0.508 e. The van der Waals surface area contributed by atoms with Crippen LogP contribution in [0, 0.1) is 5.92 Å². The number of benzene rings is 1. The predicted octanol–water partition coefficient (Wildman–Crippen LogP) is 2.77. The van der Waals surface area contributed by atoms with Crippen LogP contribution >= 0.6 is 0 Å². The molecule has 1 aromatic carbocycles. The van der Waals surface area contributed by atoms with E-state index in [1.54, 1.807) is 12.1 Å². The van der Waals surface area contributed by atoms with Gasteiger partial charge < -0.3 is 10.4 Å². The summed E-state index contributed by atoms with van der Waals surface area (Å²) in [6, 6.07) is 8.05. The fourth-order valence-electron chi connectivity index (χ4n) is 2.92. The predicted molar refractivity (Wildman–Crippen MR) is 79.4 cm³/mol. The van der Waals surface area contributed by atoms with Crippen molar-refractivity contribution in [3.8, 4) is 5.75 Å². The lowest BCUT2D eigenvalue weighted by molar-refractivity contribution is 0.169. The van der Waals surface area contributed by atoms with Crippen LogP contribution in [0.15, 0.2) is 24.3 Å². The molecule has 0 amide bonds. The fraction of sp³-hybridized carbons (Fsp3) is 0.625. The Hall–Kier alpha value is -1.06. The number of nitrogens with one attached hydrogen (secondary N) is 1. The van der Waals surface area contributed by atoms with Gasteiger partial charge in [0.15, 0.2) is 0 Å². The van der Waals surface area contributed by atoms with Crippen LogP contribution in [0.4, 0.5) is 0 Å². The second kappa shape index (κ2) is 6.92. The summed E-state index contributed by atoms with van der Waals surface area (Å²) in [7, 11) is 0. The molecule has 0 saturated carbocycles. The maximum atomic E-state index is 9.37. The molecule has 0 aromatic heterocycles. The SMILES string of the molecule is CCN(CC1CCNCC1)C(C)c1ccc(O)cc1. The molecule has 1 aliphatic heterocycles. The van der Waals surface area contributed by atoms with Gasteiger partial charge >= 0.3 is 0 Å². The maximum absolute atomic E-state index is 9.37. The Morgan fingerprint density at radius 2 is 1.89 bits per heavy atom. The summed E-state index contributed by atoms with van der Waals surface area (Å²) in [6.07, 6.45) is 2.58. The molecular formula is C16H26N2O. The van der Waals surface area contributed by atoms with Gasteiger partial charge in [-0.15, -0.1) is 0 Å². The first-order chi connectivity index (χ1) is 9.20. The molecule has 1 unspecified atom stereocenters. The van der Waals surface area contributed by atoms with Gasteiger partial charge in [-0.1, -0.05) is 19.1 Å². The molecule has 1 aliphatic rings. The molecule has 1 saturated heterocycles. The van der Waals surface area contributed by atoms with Gasteiger partial charge in [0.25, 0.3) is 0 Å². The number of hydrogen-bond donors (Lipinski definition) is 2. The highest BCUT2D eigenvalue weighted by Crippen LogP contribution is 2.24. The minimum absolute atomic E-state index is 0.345. The molecule has 0 spiro atoms. The summed E-state index contributed by atoms with van der Waals surface area (Å²) in [4.78, 5) is 2.54. The molecule has 19 heavy (non-hydrogen) atoms. The number of phenolic OH excluding ortho intramolecular Hbond substituents is 1. The fourth-order valence-corrected chi connectivity index (χ4v) is 2.92. The summed E-state index contributed by atoms with van der Waals surface area (Å²) in [5.41, 5.74) is 1.29. The first kappa shape index (κ1) is 14.4. The lowest BCUT2D eigenvalue weighted by Crippen LogP contribution is -2.37. The van der Waals surface area contributed by atoms with Crippen LogP contribution in [0.2, 0.25) is 0 Å². The van der Waals surface area contributed by atoms with Crippen molar-refractivity contribution in [2.75, 3.05) is 26.2 Å².